The Kier molecular flexibility index (Phi) is 5.82. The molecule has 0 aliphatic rings. The first-order valence-electron chi connectivity index (χ1n) is 5.92. The summed E-state index contributed by atoms with van der Waals surface area (Å²) in [5.41, 5.74) is -0.184. The van der Waals surface area contributed by atoms with E-state index in [0.29, 0.717) is 0 Å². The zero-order valence-corrected chi connectivity index (χ0v) is 13.5. The Morgan fingerprint density at radius 3 is 2.72 bits per heavy atom. The third-order valence-corrected chi connectivity index (χ3v) is 4.45. The molecule has 0 amide bonds. The lowest BCUT2D eigenvalue weighted by molar-refractivity contribution is -0.139. The van der Waals surface area contributed by atoms with E-state index in [4.69, 9.17) is 5.11 Å². The van der Waals surface area contributed by atoms with E-state index in [9.17, 15) is 4.79 Å². The highest BCUT2D eigenvalue weighted by Crippen LogP contribution is 2.23. The molecule has 1 N–H and O–H groups in total. The van der Waals surface area contributed by atoms with Gasteiger partial charge in [-0.25, -0.2) is 0 Å². The molecule has 102 valence electrons. The molecule has 0 aromatic carbocycles. The van der Waals surface area contributed by atoms with Gasteiger partial charge in [0.1, 0.15) is 0 Å². The van der Waals surface area contributed by atoms with Crippen LogP contribution < -0.4 is 0 Å². The lowest BCUT2D eigenvalue weighted by Crippen LogP contribution is -2.34. The Balaban J connectivity index is 2.37. The Morgan fingerprint density at radius 1 is 1.56 bits per heavy atom. The first-order chi connectivity index (χ1) is 8.28. The molecule has 0 radical (unpaired) electrons. The van der Waals surface area contributed by atoms with Crippen LogP contribution in [0.5, 0.6) is 0 Å². The molecular weight excluding hydrogens is 314 g/mol. The van der Waals surface area contributed by atoms with Crippen LogP contribution >= 0.6 is 27.3 Å². The highest BCUT2D eigenvalue weighted by atomic mass is 79.9. The van der Waals surface area contributed by atoms with Gasteiger partial charge in [0, 0.05) is 27.8 Å². The number of nitrogens with zero attached hydrogens (tertiary/aromatic N) is 1. The molecule has 0 atom stereocenters. The molecule has 0 spiro atoms. The number of likely N-dealkylation sites (N-methyl/N-ethyl adjacent to an activating group) is 1. The first-order valence-corrected chi connectivity index (χ1v) is 7.59. The standard InChI is InChI=1S/C13H20BrNO2S/c1-13(2,7-12(16)17)9-15(3)5-4-11-6-10(14)8-18-11/h6,8H,4-5,7,9H2,1-3H3,(H,16,17). The maximum absolute atomic E-state index is 10.8. The van der Waals surface area contributed by atoms with Gasteiger partial charge >= 0.3 is 5.97 Å². The van der Waals surface area contributed by atoms with Crippen molar-refractivity contribution in [3.63, 3.8) is 0 Å². The van der Waals surface area contributed by atoms with Gasteiger partial charge in [-0.15, -0.1) is 11.3 Å². The zero-order valence-electron chi connectivity index (χ0n) is 11.1. The molecule has 0 aliphatic carbocycles. The van der Waals surface area contributed by atoms with E-state index in [2.05, 4.69) is 32.3 Å². The van der Waals surface area contributed by atoms with Crippen LogP contribution in [0.15, 0.2) is 15.9 Å². The summed E-state index contributed by atoms with van der Waals surface area (Å²) in [5.74, 6) is -0.726. The number of hydrogen-bond acceptors (Lipinski definition) is 3. The maximum atomic E-state index is 10.8. The van der Waals surface area contributed by atoms with Gasteiger partial charge in [0.2, 0.25) is 0 Å². The number of aliphatic carboxylic acids is 1. The Bertz CT molecular complexity index is 403. The molecule has 5 heteroatoms. The van der Waals surface area contributed by atoms with Gasteiger partial charge in [-0.2, -0.15) is 0 Å². The molecule has 0 fully saturated rings. The van der Waals surface area contributed by atoms with Crippen molar-refractivity contribution in [2.45, 2.75) is 26.7 Å². The normalized spacial score (nSPS) is 12.1. The van der Waals surface area contributed by atoms with Gasteiger partial charge in [0.25, 0.3) is 0 Å². The van der Waals surface area contributed by atoms with Crippen molar-refractivity contribution in [3.05, 3.63) is 20.8 Å². The lowest BCUT2D eigenvalue weighted by Gasteiger charge is -2.28. The summed E-state index contributed by atoms with van der Waals surface area (Å²) in [5, 5.41) is 10.9. The van der Waals surface area contributed by atoms with Gasteiger partial charge < -0.3 is 10.0 Å². The van der Waals surface area contributed by atoms with Crippen molar-refractivity contribution in [2.24, 2.45) is 5.41 Å². The molecule has 0 saturated heterocycles. The van der Waals surface area contributed by atoms with E-state index in [1.807, 2.05) is 20.9 Å². The average Bonchev–Trinajstić information content (AvgIpc) is 2.58. The number of hydrogen-bond donors (Lipinski definition) is 1. The summed E-state index contributed by atoms with van der Waals surface area (Å²) in [6.07, 6.45) is 1.22. The minimum atomic E-state index is -0.726. The fraction of sp³-hybridized carbons (Fsp3) is 0.615. The molecule has 0 unspecified atom stereocenters. The van der Waals surface area contributed by atoms with Gasteiger partial charge in [0.05, 0.1) is 6.42 Å². The van der Waals surface area contributed by atoms with E-state index < -0.39 is 5.97 Å². The maximum Gasteiger partial charge on any atom is 0.303 e. The van der Waals surface area contributed by atoms with Crippen molar-refractivity contribution in [3.8, 4) is 0 Å². The number of carbonyl (C=O) groups is 1. The summed E-state index contributed by atoms with van der Waals surface area (Å²) < 4.78 is 1.14. The van der Waals surface area contributed by atoms with E-state index in [-0.39, 0.29) is 11.8 Å². The van der Waals surface area contributed by atoms with Crippen LogP contribution in [0.1, 0.15) is 25.1 Å². The van der Waals surface area contributed by atoms with E-state index >= 15 is 0 Å². The summed E-state index contributed by atoms with van der Waals surface area (Å²) >= 11 is 5.20. The highest BCUT2D eigenvalue weighted by molar-refractivity contribution is 9.10. The smallest absolute Gasteiger partial charge is 0.303 e. The lowest BCUT2D eigenvalue weighted by atomic mass is 9.89. The van der Waals surface area contributed by atoms with Crippen molar-refractivity contribution in [2.75, 3.05) is 20.1 Å². The van der Waals surface area contributed by atoms with Gasteiger partial charge in [0.15, 0.2) is 0 Å². The van der Waals surface area contributed by atoms with Gasteiger partial charge in [-0.3, -0.25) is 4.79 Å². The van der Waals surface area contributed by atoms with E-state index in [0.717, 1.165) is 24.0 Å². The fourth-order valence-corrected chi connectivity index (χ4v) is 3.51. The average molecular weight is 334 g/mol. The predicted octanol–water partition coefficient (Wildman–Crippen LogP) is 3.49. The van der Waals surface area contributed by atoms with Crippen LogP contribution in [0.2, 0.25) is 0 Å². The number of carboxylic acids is 1. The van der Waals surface area contributed by atoms with Crippen molar-refractivity contribution in [1.29, 1.82) is 0 Å². The number of rotatable bonds is 7. The minimum Gasteiger partial charge on any atom is -0.481 e. The van der Waals surface area contributed by atoms with Crippen LogP contribution in [-0.4, -0.2) is 36.1 Å². The summed E-state index contributed by atoms with van der Waals surface area (Å²) in [6.45, 7) is 5.75. The number of thiophene rings is 1. The topological polar surface area (TPSA) is 40.5 Å². The Morgan fingerprint density at radius 2 is 2.22 bits per heavy atom. The molecule has 1 aromatic rings. The molecule has 0 aliphatic heterocycles. The molecule has 0 bridgehead atoms. The molecule has 3 nitrogen and oxygen atoms in total. The van der Waals surface area contributed by atoms with Crippen LogP contribution in [0.25, 0.3) is 0 Å². The second-order valence-corrected chi connectivity index (χ2v) is 7.37. The minimum absolute atomic E-state index is 0.184. The molecule has 1 heterocycles. The number of carboxylic acid groups (broad SMARTS) is 1. The van der Waals surface area contributed by atoms with Crippen LogP contribution in [0.4, 0.5) is 0 Å². The Labute approximate surface area is 121 Å². The molecule has 18 heavy (non-hydrogen) atoms. The molecule has 1 aromatic heterocycles. The summed E-state index contributed by atoms with van der Waals surface area (Å²) in [6, 6.07) is 2.14. The first kappa shape index (κ1) is 15.7. The quantitative estimate of drug-likeness (QED) is 0.830. The molecule has 1 rings (SSSR count). The van der Waals surface area contributed by atoms with Crippen LogP contribution in [-0.2, 0) is 11.2 Å². The predicted molar refractivity (Wildman–Crippen MR) is 79.3 cm³/mol. The SMILES string of the molecule is CN(CCc1cc(Br)cs1)CC(C)(C)CC(=O)O. The largest absolute Gasteiger partial charge is 0.481 e. The van der Waals surface area contributed by atoms with Crippen molar-refractivity contribution < 1.29 is 9.90 Å². The van der Waals surface area contributed by atoms with Crippen LogP contribution in [0.3, 0.4) is 0 Å². The monoisotopic (exact) mass is 333 g/mol. The van der Waals surface area contributed by atoms with Crippen molar-refractivity contribution in [1.82, 2.24) is 4.90 Å². The Hall–Kier alpha value is -0.390. The molecule has 0 saturated carbocycles. The third kappa shape index (κ3) is 5.98. The van der Waals surface area contributed by atoms with E-state index in [1.165, 1.54) is 4.88 Å². The number of halogens is 1. The third-order valence-electron chi connectivity index (χ3n) is 2.69. The zero-order chi connectivity index (χ0) is 13.8. The van der Waals surface area contributed by atoms with E-state index in [1.54, 1.807) is 11.3 Å². The summed E-state index contributed by atoms with van der Waals surface area (Å²) in [7, 11) is 2.05. The molecular formula is C13H20BrNO2S. The van der Waals surface area contributed by atoms with Crippen molar-refractivity contribution >= 4 is 33.2 Å². The highest BCUT2D eigenvalue weighted by Gasteiger charge is 2.23. The fourth-order valence-electron chi connectivity index (χ4n) is 2.06. The summed E-state index contributed by atoms with van der Waals surface area (Å²) in [4.78, 5) is 14.3. The van der Waals surface area contributed by atoms with Crippen LogP contribution in [0, 0.1) is 5.41 Å². The second kappa shape index (κ2) is 6.68. The van der Waals surface area contributed by atoms with Gasteiger partial charge in [-0.05, 0) is 40.9 Å². The second-order valence-electron chi connectivity index (χ2n) is 5.45. The van der Waals surface area contributed by atoms with Gasteiger partial charge in [-0.1, -0.05) is 13.8 Å².